The van der Waals surface area contributed by atoms with E-state index in [0.29, 0.717) is 0 Å². The predicted octanol–water partition coefficient (Wildman–Crippen LogP) is 5.07. The van der Waals surface area contributed by atoms with E-state index in [9.17, 15) is 17.6 Å². The van der Waals surface area contributed by atoms with Gasteiger partial charge in [-0.15, -0.1) is 0 Å². The lowest BCUT2D eigenvalue weighted by molar-refractivity contribution is -0.116. The van der Waals surface area contributed by atoms with Crippen LogP contribution in [-0.4, -0.2) is 25.2 Å². The number of carbonyl (C=O) groups excluding carboxylic acids is 1. The fraction of sp³-hybridized carbons (Fsp3) is 0.0952. The molecule has 0 spiro atoms. The number of anilines is 1. The van der Waals surface area contributed by atoms with Crippen LogP contribution in [0, 0.1) is 5.82 Å². The number of sulfonamides is 1. The smallest absolute Gasteiger partial charge is 0.243 e. The zero-order chi connectivity index (χ0) is 21.7. The lowest BCUT2D eigenvalue weighted by Gasteiger charge is -2.22. The van der Waals surface area contributed by atoms with Gasteiger partial charge < -0.3 is 5.32 Å². The molecule has 0 aromatic heterocycles. The molecule has 0 aliphatic heterocycles. The van der Waals surface area contributed by atoms with E-state index in [4.69, 9.17) is 11.6 Å². The highest BCUT2D eigenvalue weighted by molar-refractivity contribution is 9.10. The van der Waals surface area contributed by atoms with E-state index in [1.165, 1.54) is 24.3 Å². The van der Waals surface area contributed by atoms with Gasteiger partial charge in [-0.05, 0) is 48.0 Å². The first-order valence-electron chi connectivity index (χ1n) is 8.80. The minimum Gasteiger partial charge on any atom is -0.325 e. The van der Waals surface area contributed by atoms with E-state index in [1.807, 2.05) is 6.07 Å². The van der Waals surface area contributed by atoms with Crippen LogP contribution in [0.4, 0.5) is 10.1 Å². The van der Waals surface area contributed by atoms with Crippen LogP contribution in [0.2, 0.25) is 5.02 Å². The number of hydrogen-bond donors (Lipinski definition) is 1. The molecular formula is C21H17BrClFN2O3S. The number of halogens is 3. The number of nitrogens with one attached hydrogen (secondary N) is 1. The molecule has 9 heteroatoms. The van der Waals surface area contributed by atoms with Crippen molar-refractivity contribution in [2.75, 3.05) is 11.9 Å². The largest absolute Gasteiger partial charge is 0.325 e. The summed E-state index contributed by atoms with van der Waals surface area (Å²) in [6.45, 7) is -0.418. The minimum absolute atomic E-state index is 0.0107. The SMILES string of the molecule is O=C(CN(Cc1ccccc1)S(=O)(=O)c1ccc(Br)cc1)Nc1ccc(F)c(Cl)c1. The van der Waals surface area contributed by atoms with E-state index in [2.05, 4.69) is 21.2 Å². The Hall–Kier alpha value is -2.26. The Morgan fingerprint density at radius 1 is 1.03 bits per heavy atom. The summed E-state index contributed by atoms with van der Waals surface area (Å²) < 4.78 is 41.5. The third-order valence-corrected chi connectivity index (χ3v) is 6.80. The maximum absolute atomic E-state index is 13.3. The van der Waals surface area contributed by atoms with Gasteiger partial charge in [-0.2, -0.15) is 4.31 Å². The quantitative estimate of drug-likeness (QED) is 0.482. The fourth-order valence-electron chi connectivity index (χ4n) is 2.70. The summed E-state index contributed by atoms with van der Waals surface area (Å²) in [5, 5.41) is 2.41. The molecule has 3 aromatic rings. The van der Waals surface area contributed by atoms with Crippen molar-refractivity contribution in [1.29, 1.82) is 0 Å². The lowest BCUT2D eigenvalue weighted by atomic mass is 10.2. The average Bonchev–Trinajstić information content (AvgIpc) is 2.71. The first-order chi connectivity index (χ1) is 14.3. The first-order valence-corrected chi connectivity index (χ1v) is 11.4. The molecule has 0 unspecified atom stereocenters. The van der Waals surface area contributed by atoms with Crippen LogP contribution in [0.1, 0.15) is 5.56 Å². The van der Waals surface area contributed by atoms with Gasteiger partial charge in [0.15, 0.2) is 0 Å². The van der Waals surface area contributed by atoms with Crippen LogP contribution in [0.5, 0.6) is 0 Å². The van der Waals surface area contributed by atoms with Crippen molar-refractivity contribution < 1.29 is 17.6 Å². The number of amides is 1. The highest BCUT2D eigenvalue weighted by Crippen LogP contribution is 2.22. The Balaban J connectivity index is 1.86. The molecule has 1 amide bonds. The van der Waals surface area contributed by atoms with Crippen LogP contribution in [0.3, 0.4) is 0 Å². The topological polar surface area (TPSA) is 66.5 Å². The predicted molar refractivity (Wildman–Crippen MR) is 118 cm³/mol. The second-order valence-corrected chi connectivity index (χ2v) is 9.65. The molecule has 30 heavy (non-hydrogen) atoms. The molecule has 3 aromatic carbocycles. The number of rotatable bonds is 7. The molecule has 0 fully saturated rings. The van der Waals surface area contributed by atoms with E-state index < -0.39 is 28.3 Å². The van der Waals surface area contributed by atoms with E-state index in [0.717, 1.165) is 20.4 Å². The van der Waals surface area contributed by atoms with Crippen LogP contribution < -0.4 is 5.32 Å². The van der Waals surface area contributed by atoms with Gasteiger partial charge in [-0.1, -0.05) is 57.9 Å². The Labute approximate surface area is 187 Å². The van der Waals surface area contributed by atoms with Gasteiger partial charge in [-0.3, -0.25) is 4.79 Å². The fourth-order valence-corrected chi connectivity index (χ4v) is 4.53. The van der Waals surface area contributed by atoms with Crippen molar-refractivity contribution in [1.82, 2.24) is 4.31 Å². The number of nitrogens with zero attached hydrogens (tertiary/aromatic N) is 1. The average molecular weight is 512 g/mol. The number of hydrogen-bond acceptors (Lipinski definition) is 3. The summed E-state index contributed by atoms with van der Waals surface area (Å²) in [6, 6.07) is 18.9. The van der Waals surface area contributed by atoms with Crippen LogP contribution >= 0.6 is 27.5 Å². The molecule has 0 aliphatic rings. The maximum atomic E-state index is 13.3. The Morgan fingerprint density at radius 2 is 1.70 bits per heavy atom. The molecule has 0 bridgehead atoms. The van der Waals surface area contributed by atoms with Crippen LogP contribution in [0.25, 0.3) is 0 Å². The van der Waals surface area contributed by atoms with Crippen molar-refractivity contribution in [2.45, 2.75) is 11.4 Å². The minimum atomic E-state index is -3.95. The Morgan fingerprint density at radius 3 is 2.33 bits per heavy atom. The summed E-state index contributed by atoms with van der Waals surface area (Å²) >= 11 is 9.02. The molecule has 0 aliphatic carbocycles. The molecule has 0 atom stereocenters. The highest BCUT2D eigenvalue weighted by atomic mass is 79.9. The summed E-state index contributed by atoms with van der Waals surface area (Å²) in [6.07, 6.45) is 0. The van der Waals surface area contributed by atoms with Gasteiger partial charge >= 0.3 is 0 Å². The number of benzene rings is 3. The molecular weight excluding hydrogens is 495 g/mol. The zero-order valence-corrected chi connectivity index (χ0v) is 18.7. The first kappa shape index (κ1) is 22.4. The normalized spacial score (nSPS) is 11.5. The Bertz CT molecular complexity index is 1140. The molecule has 5 nitrogen and oxygen atoms in total. The summed E-state index contributed by atoms with van der Waals surface area (Å²) in [5.41, 5.74) is 1.00. The van der Waals surface area contributed by atoms with E-state index >= 15 is 0 Å². The molecule has 0 saturated heterocycles. The second kappa shape index (κ2) is 9.70. The molecule has 0 radical (unpaired) electrons. The maximum Gasteiger partial charge on any atom is 0.243 e. The van der Waals surface area contributed by atoms with Gasteiger partial charge in [-0.25, -0.2) is 12.8 Å². The van der Waals surface area contributed by atoms with E-state index in [1.54, 1.807) is 36.4 Å². The van der Waals surface area contributed by atoms with Crippen LogP contribution in [0.15, 0.2) is 82.2 Å². The third kappa shape index (κ3) is 5.66. The summed E-state index contributed by atoms with van der Waals surface area (Å²) in [4.78, 5) is 12.6. The Kier molecular flexibility index (Phi) is 7.25. The van der Waals surface area contributed by atoms with Crippen molar-refractivity contribution in [2.24, 2.45) is 0 Å². The van der Waals surface area contributed by atoms with Gasteiger partial charge in [0.1, 0.15) is 5.82 Å². The van der Waals surface area contributed by atoms with Gasteiger partial charge in [0.25, 0.3) is 0 Å². The van der Waals surface area contributed by atoms with Crippen LogP contribution in [-0.2, 0) is 21.4 Å². The molecule has 1 N–H and O–H groups in total. The van der Waals surface area contributed by atoms with Crippen molar-refractivity contribution in [3.63, 3.8) is 0 Å². The van der Waals surface area contributed by atoms with E-state index in [-0.39, 0.29) is 22.2 Å². The summed E-state index contributed by atoms with van der Waals surface area (Å²) in [7, 11) is -3.95. The van der Waals surface area contributed by atoms with Crippen molar-refractivity contribution >= 4 is 49.1 Å². The van der Waals surface area contributed by atoms with Crippen molar-refractivity contribution in [3.8, 4) is 0 Å². The molecule has 156 valence electrons. The molecule has 0 saturated carbocycles. The standard InChI is InChI=1S/C21H17BrClFN2O3S/c22-16-6-9-18(10-7-16)30(28,29)26(13-15-4-2-1-3-5-15)14-21(27)25-17-8-11-20(24)19(23)12-17/h1-12H,13-14H2,(H,25,27). The number of carbonyl (C=O) groups is 1. The molecule has 3 rings (SSSR count). The highest BCUT2D eigenvalue weighted by Gasteiger charge is 2.27. The van der Waals surface area contributed by atoms with Gasteiger partial charge in [0.05, 0.1) is 16.5 Å². The lowest BCUT2D eigenvalue weighted by Crippen LogP contribution is -2.37. The van der Waals surface area contributed by atoms with Crippen molar-refractivity contribution in [3.05, 3.63) is 93.7 Å². The zero-order valence-electron chi connectivity index (χ0n) is 15.6. The van der Waals surface area contributed by atoms with Gasteiger partial charge in [0, 0.05) is 16.7 Å². The monoisotopic (exact) mass is 510 g/mol. The molecule has 0 heterocycles. The summed E-state index contributed by atoms with van der Waals surface area (Å²) in [5.74, 6) is -1.19. The third-order valence-electron chi connectivity index (χ3n) is 4.18. The van der Waals surface area contributed by atoms with Gasteiger partial charge in [0.2, 0.25) is 15.9 Å². The second-order valence-electron chi connectivity index (χ2n) is 6.39.